The number of halogens is 1. The Balaban J connectivity index is 2.92. The van der Waals surface area contributed by atoms with Crippen molar-refractivity contribution in [1.29, 1.82) is 0 Å². The molecule has 0 heterocycles. The van der Waals surface area contributed by atoms with Crippen LogP contribution in [0.2, 0.25) is 4.05 Å². The topological polar surface area (TPSA) is 18.5 Å². The molecule has 1 atom stereocenters. The third kappa shape index (κ3) is 13.4. The van der Waals surface area contributed by atoms with Gasteiger partial charge in [-0.1, -0.05) is 33.1 Å². The Bertz CT molecular complexity index is 125. The Kier molecular flexibility index (Phi) is 14.8. The molecule has 0 spiro atoms. The zero-order chi connectivity index (χ0) is 11.4. The molecule has 1 unspecified atom stereocenters. The number of hydrogen-bond donors (Lipinski definition) is 0. The molecular weight excluding hydrogens is 315 g/mol. The maximum Gasteiger partial charge on any atom is 0.466 e. The van der Waals surface area contributed by atoms with Gasteiger partial charge < -0.3 is 28.3 Å². The van der Waals surface area contributed by atoms with Gasteiger partial charge in [0.25, 0.3) is 0 Å². The summed E-state index contributed by atoms with van der Waals surface area (Å²) in [4.78, 5) is 0. The van der Waals surface area contributed by atoms with E-state index in [0.29, 0.717) is 6.79 Å². The van der Waals surface area contributed by atoms with E-state index in [1.54, 1.807) is 0 Å². The van der Waals surface area contributed by atoms with Gasteiger partial charge >= 0.3 is 16.5 Å². The fourth-order valence-corrected chi connectivity index (χ4v) is 3.01. The first-order valence-corrected chi connectivity index (χ1v) is 12.0. The first-order chi connectivity index (χ1) is 7.31. The number of ether oxygens (including phenoxy) is 2. The van der Waals surface area contributed by atoms with Gasteiger partial charge in [0.15, 0.2) is 0 Å². The lowest BCUT2D eigenvalue weighted by molar-refractivity contribution is -0.0554. The third-order valence-corrected chi connectivity index (χ3v) is 7.75. The van der Waals surface area contributed by atoms with Gasteiger partial charge in [0.2, 0.25) is 0 Å². The van der Waals surface area contributed by atoms with Crippen LogP contribution >= 0.6 is 18.9 Å². The van der Waals surface area contributed by atoms with Crippen molar-refractivity contribution < 1.29 is 9.47 Å². The van der Waals surface area contributed by atoms with Crippen LogP contribution in [-0.4, -0.2) is 36.5 Å². The number of rotatable bonds is 11. The smallest absolute Gasteiger partial charge is 0.355 e. The van der Waals surface area contributed by atoms with Crippen molar-refractivity contribution in [1.82, 2.24) is 0 Å². The molecule has 0 rings (SSSR count). The van der Waals surface area contributed by atoms with E-state index in [9.17, 15) is 0 Å². The highest BCUT2D eigenvalue weighted by atomic mass is 127. The summed E-state index contributed by atoms with van der Waals surface area (Å²) < 4.78 is 11.7. The highest BCUT2D eigenvalue weighted by Gasteiger charge is 2.02. The summed E-state index contributed by atoms with van der Waals surface area (Å²) in [5.74, 6) is 0. The van der Waals surface area contributed by atoms with E-state index in [1.807, 2.05) is 0 Å². The molecule has 0 saturated heterocycles. The molecule has 2 nitrogen and oxygen atoms in total. The zero-order valence-corrected chi connectivity index (χ0v) is 13.7. The molecule has 0 aliphatic carbocycles. The monoisotopic (exact) mass is 338 g/mol. The largest absolute Gasteiger partial charge is 0.466 e. The van der Waals surface area contributed by atoms with Crippen LogP contribution in [0.1, 0.15) is 46.0 Å². The van der Waals surface area contributed by atoms with E-state index in [4.69, 9.17) is 9.47 Å². The maximum absolute atomic E-state index is 5.40. The van der Waals surface area contributed by atoms with Crippen molar-refractivity contribution in [3.05, 3.63) is 0 Å². The van der Waals surface area contributed by atoms with Gasteiger partial charge in [-0.3, -0.25) is 0 Å². The van der Waals surface area contributed by atoms with Crippen LogP contribution in [0.5, 0.6) is 0 Å². The summed E-state index contributed by atoms with van der Waals surface area (Å²) in [6.45, 7) is 6.75. The minimum atomic E-state index is 0.168. The van der Waals surface area contributed by atoms with Gasteiger partial charge in [-0.2, -0.15) is 0 Å². The Morgan fingerprint density at radius 2 is 1.80 bits per heavy atom. The van der Waals surface area contributed by atoms with E-state index in [1.165, 1.54) is 25.7 Å². The third-order valence-electron chi connectivity index (χ3n) is 2.31. The molecule has 0 amide bonds. The quantitative estimate of drug-likeness (QED) is 0.247. The molecule has 0 aliphatic heterocycles. The second-order valence-corrected chi connectivity index (χ2v) is 8.39. The summed E-state index contributed by atoms with van der Waals surface area (Å²) in [6, 6.07) is 0. The van der Waals surface area contributed by atoms with E-state index < -0.39 is 0 Å². The highest BCUT2D eigenvalue weighted by molar-refractivity contribution is 14.1. The lowest BCUT2D eigenvalue weighted by Gasteiger charge is -2.07. The average molecular weight is 339 g/mol. The van der Waals surface area contributed by atoms with Gasteiger partial charge in [0.05, 0.1) is 0 Å². The number of hydrogen-bond acceptors (Lipinski definition) is 2. The van der Waals surface area contributed by atoms with E-state index >= 15 is 0 Å². The molecule has 0 N–H and O–H groups in total. The van der Waals surface area contributed by atoms with Crippen LogP contribution in [0, 0.1) is 0 Å². The summed E-state index contributed by atoms with van der Waals surface area (Å²) in [7, 11) is 0. The minimum Gasteiger partial charge on any atom is -0.355 e. The molecule has 15 heavy (non-hydrogen) atoms. The molecule has 88 valence electrons. The molecule has 0 aromatic carbocycles. The van der Waals surface area contributed by atoms with Crippen LogP contribution < -0.4 is 0 Å². The van der Waals surface area contributed by atoms with Gasteiger partial charge in [0, 0.05) is 13.2 Å². The van der Waals surface area contributed by atoms with Crippen molar-refractivity contribution in [2.75, 3.05) is 20.0 Å². The maximum atomic E-state index is 5.40. The lowest BCUT2D eigenvalue weighted by Crippen LogP contribution is -2.04. The summed E-state index contributed by atoms with van der Waals surface area (Å²) >= 11 is 2.74. The van der Waals surface area contributed by atoms with Crippen molar-refractivity contribution in [3.8, 4) is 0 Å². The Morgan fingerprint density at radius 3 is 2.40 bits per heavy atom. The molecule has 0 fully saturated rings. The second-order valence-electron chi connectivity index (χ2n) is 4.04. The fourth-order valence-electron chi connectivity index (χ4n) is 1.24. The normalized spacial score (nSPS) is 12.5. The van der Waals surface area contributed by atoms with Crippen LogP contribution in [0.3, 0.4) is 0 Å². The predicted octanol–water partition coefficient (Wildman–Crippen LogP) is 3.81. The lowest BCUT2D eigenvalue weighted by atomic mass is 10.2. The highest BCUT2D eigenvalue weighted by Crippen LogP contribution is 2.12. The Labute approximate surface area is 114 Å². The molecule has 0 aromatic heterocycles. The first-order valence-electron chi connectivity index (χ1n) is 6.02. The van der Waals surface area contributed by atoms with Gasteiger partial charge in [-0.05, 0) is 12.8 Å². The number of unbranched alkanes of at least 4 members (excludes halogenated alkanes) is 2. The van der Waals surface area contributed by atoms with Crippen LogP contribution in [-0.2, 0) is 9.47 Å². The van der Waals surface area contributed by atoms with Crippen LogP contribution in [0.25, 0.3) is 0 Å². The standard InChI is InChI=1S/C11H23O2.HI.Mg/c1-3-5-7-9-12-11-13-10-8-6-4-2;;/h3H,4-11H2,1-2H3;1H;/q;;+1/p-1. The zero-order valence-electron chi connectivity index (χ0n) is 10.1. The summed E-state index contributed by atoms with van der Waals surface area (Å²) in [5, 5.41) is 0. The Morgan fingerprint density at radius 1 is 1.13 bits per heavy atom. The minimum absolute atomic E-state index is 0.168. The summed E-state index contributed by atoms with van der Waals surface area (Å²) in [5.41, 5.74) is 0. The average Bonchev–Trinajstić information content (AvgIpc) is 2.26. The summed E-state index contributed by atoms with van der Waals surface area (Å²) in [6.07, 6.45) is 6.19. The van der Waals surface area contributed by atoms with Crippen LogP contribution in [0.15, 0.2) is 0 Å². The van der Waals surface area contributed by atoms with Gasteiger partial charge in [0.1, 0.15) is 6.79 Å². The molecule has 4 heteroatoms. The van der Waals surface area contributed by atoms with Crippen molar-refractivity contribution in [2.45, 2.75) is 50.0 Å². The fraction of sp³-hybridized carbons (Fsp3) is 1.00. The predicted molar refractivity (Wildman–Crippen MR) is 74.7 cm³/mol. The van der Waals surface area contributed by atoms with E-state index in [2.05, 4.69) is 32.7 Å². The molecule has 0 aliphatic rings. The SMILES string of the molecule is CCCCCOCOCCC[CH](C)[Mg][I]. The molecule has 0 aromatic rings. The van der Waals surface area contributed by atoms with Crippen molar-refractivity contribution >= 4 is 35.3 Å². The molecule has 0 saturated carbocycles. The first kappa shape index (κ1) is 16.4. The second kappa shape index (κ2) is 13.5. The van der Waals surface area contributed by atoms with E-state index in [0.717, 1.165) is 23.7 Å². The Hall–Kier alpha value is 1.42. The molecule has 0 bridgehead atoms. The van der Waals surface area contributed by atoms with Crippen LogP contribution in [0.4, 0.5) is 0 Å². The molecule has 0 radical (unpaired) electrons. The van der Waals surface area contributed by atoms with Gasteiger partial charge in [-0.25, -0.2) is 0 Å². The van der Waals surface area contributed by atoms with Gasteiger partial charge in [-0.15, -0.1) is 4.05 Å². The van der Waals surface area contributed by atoms with Crippen molar-refractivity contribution in [2.24, 2.45) is 0 Å². The van der Waals surface area contributed by atoms with E-state index in [-0.39, 0.29) is 16.5 Å². The molecular formula is C11H23IMgO2. The van der Waals surface area contributed by atoms with Crippen molar-refractivity contribution in [3.63, 3.8) is 0 Å².